The molecule has 1 fully saturated rings. The molecule has 3 rings (SSSR count). The number of hydrogen-bond acceptors (Lipinski definition) is 5. The Kier molecular flexibility index (Phi) is 7.05. The summed E-state index contributed by atoms with van der Waals surface area (Å²) in [7, 11) is 0. The summed E-state index contributed by atoms with van der Waals surface area (Å²) in [5.74, 6) is 0.0260. The topological polar surface area (TPSA) is 54.5 Å². The van der Waals surface area contributed by atoms with Gasteiger partial charge < -0.3 is 10.1 Å². The van der Waals surface area contributed by atoms with E-state index in [4.69, 9.17) is 4.74 Å². The van der Waals surface area contributed by atoms with Crippen LogP contribution in [-0.2, 0) is 22.6 Å². The van der Waals surface area contributed by atoms with Gasteiger partial charge >= 0.3 is 0 Å². The second kappa shape index (κ2) is 9.71. The molecule has 1 unspecified atom stereocenters. The SMILES string of the molecule is CC(Sc1ccccn1)C(=O)NCc1ccc(CN2CCOCC2)cc1. The predicted molar refractivity (Wildman–Crippen MR) is 104 cm³/mol. The zero-order valence-corrected chi connectivity index (χ0v) is 15.9. The second-order valence-electron chi connectivity index (χ2n) is 6.35. The number of thioether (sulfide) groups is 1. The minimum atomic E-state index is -0.175. The molecular weight excluding hydrogens is 346 g/mol. The molecule has 26 heavy (non-hydrogen) atoms. The van der Waals surface area contributed by atoms with Crippen molar-refractivity contribution in [2.24, 2.45) is 0 Å². The lowest BCUT2D eigenvalue weighted by Crippen LogP contribution is -2.35. The third-order valence-electron chi connectivity index (χ3n) is 4.30. The first-order valence-corrected chi connectivity index (χ1v) is 9.82. The number of aromatic nitrogens is 1. The van der Waals surface area contributed by atoms with Gasteiger partial charge in [-0.15, -0.1) is 0 Å². The number of nitrogens with one attached hydrogen (secondary N) is 1. The van der Waals surface area contributed by atoms with Crippen molar-refractivity contribution >= 4 is 17.7 Å². The van der Waals surface area contributed by atoms with Crippen molar-refractivity contribution in [3.05, 3.63) is 59.8 Å². The van der Waals surface area contributed by atoms with Gasteiger partial charge in [0.15, 0.2) is 0 Å². The molecule has 0 bridgehead atoms. The van der Waals surface area contributed by atoms with E-state index < -0.39 is 0 Å². The van der Waals surface area contributed by atoms with Gasteiger partial charge in [-0.05, 0) is 30.2 Å². The van der Waals surface area contributed by atoms with Crippen LogP contribution >= 0.6 is 11.8 Å². The molecule has 1 saturated heterocycles. The van der Waals surface area contributed by atoms with Gasteiger partial charge in [-0.1, -0.05) is 42.1 Å². The maximum absolute atomic E-state index is 12.3. The first kappa shape index (κ1) is 18.9. The van der Waals surface area contributed by atoms with Gasteiger partial charge in [-0.3, -0.25) is 9.69 Å². The highest BCUT2D eigenvalue weighted by Gasteiger charge is 2.14. The predicted octanol–water partition coefficient (Wildman–Crippen LogP) is 2.71. The smallest absolute Gasteiger partial charge is 0.233 e. The molecule has 0 aliphatic carbocycles. The number of amides is 1. The largest absolute Gasteiger partial charge is 0.379 e. The lowest BCUT2D eigenvalue weighted by Gasteiger charge is -2.26. The number of nitrogens with zero attached hydrogens (tertiary/aromatic N) is 2. The van der Waals surface area contributed by atoms with Crippen molar-refractivity contribution in [2.75, 3.05) is 26.3 Å². The van der Waals surface area contributed by atoms with E-state index in [9.17, 15) is 4.79 Å². The van der Waals surface area contributed by atoms with Crippen LogP contribution in [0.15, 0.2) is 53.7 Å². The molecular formula is C20H25N3O2S. The molecule has 1 aromatic heterocycles. The molecule has 1 N–H and O–H groups in total. The van der Waals surface area contributed by atoms with Gasteiger partial charge in [-0.25, -0.2) is 4.98 Å². The Bertz CT molecular complexity index is 688. The summed E-state index contributed by atoms with van der Waals surface area (Å²) in [4.78, 5) is 18.9. The van der Waals surface area contributed by atoms with Gasteiger partial charge in [0.1, 0.15) is 0 Å². The third kappa shape index (κ3) is 5.83. The molecule has 1 aliphatic heterocycles. The molecule has 0 radical (unpaired) electrons. The lowest BCUT2D eigenvalue weighted by molar-refractivity contribution is -0.120. The van der Waals surface area contributed by atoms with Gasteiger partial charge in [0.05, 0.1) is 23.5 Å². The summed E-state index contributed by atoms with van der Waals surface area (Å²) in [5.41, 5.74) is 2.40. The van der Waals surface area contributed by atoms with Gasteiger partial charge in [0.25, 0.3) is 0 Å². The number of hydrogen-bond donors (Lipinski definition) is 1. The Labute approximate surface area is 159 Å². The average molecular weight is 372 g/mol. The van der Waals surface area contributed by atoms with E-state index in [1.54, 1.807) is 6.20 Å². The second-order valence-corrected chi connectivity index (χ2v) is 7.71. The molecule has 1 aromatic carbocycles. The van der Waals surface area contributed by atoms with Crippen LogP contribution in [0.25, 0.3) is 0 Å². The Morgan fingerprint density at radius 1 is 1.19 bits per heavy atom. The Morgan fingerprint density at radius 2 is 1.92 bits per heavy atom. The van der Waals surface area contributed by atoms with E-state index in [1.807, 2.05) is 25.1 Å². The van der Waals surface area contributed by atoms with E-state index in [0.717, 1.165) is 43.4 Å². The van der Waals surface area contributed by atoms with Crippen LogP contribution in [0.3, 0.4) is 0 Å². The number of carbonyl (C=O) groups is 1. The normalized spacial score (nSPS) is 16.2. The third-order valence-corrected chi connectivity index (χ3v) is 5.35. The van der Waals surface area contributed by atoms with Crippen molar-refractivity contribution < 1.29 is 9.53 Å². The minimum absolute atomic E-state index is 0.0260. The Morgan fingerprint density at radius 3 is 2.62 bits per heavy atom. The maximum Gasteiger partial charge on any atom is 0.233 e. The van der Waals surface area contributed by atoms with E-state index in [2.05, 4.69) is 39.5 Å². The van der Waals surface area contributed by atoms with Crippen LogP contribution in [0.4, 0.5) is 0 Å². The zero-order valence-electron chi connectivity index (χ0n) is 15.1. The fourth-order valence-corrected chi connectivity index (χ4v) is 3.60. The van der Waals surface area contributed by atoms with Crippen molar-refractivity contribution in [1.82, 2.24) is 15.2 Å². The maximum atomic E-state index is 12.3. The average Bonchev–Trinajstić information content (AvgIpc) is 2.69. The Hall–Kier alpha value is -1.89. The molecule has 1 amide bonds. The summed E-state index contributed by atoms with van der Waals surface area (Å²) < 4.78 is 5.38. The number of rotatable bonds is 7. The van der Waals surface area contributed by atoms with E-state index >= 15 is 0 Å². The van der Waals surface area contributed by atoms with E-state index in [-0.39, 0.29) is 11.2 Å². The Balaban J connectivity index is 1.44. The molecule has 5 nitrogen and oxygen atoms in total. The fraction of sp³-hybridized carbons (Fsp3) is 0.400. The first-order valence-electron chi connectivity index (χ1n) is 8.94. The van der Waals surface area contributed by atoms with E-state index in [1.165, 1.54) is 17.3 Å². The van der Waals surface area contributed by atoms with Crippen molar-refractivity contribution in [1.29, 1.82) is 0 Å². The minimum Gasteiger partial charge on any atom is -0.379 e. The zero-order chi connectivity index (χ0) is 18.2. The number of pyridine rings is 1. The van der Waals surface area contributed by atoms with Crippen LogP contribution in [0.5, 0.6) is 0 Å². The van der Waals surface area contributed by atoms with Crippen LogP contribution in [0.1, 0.15) is 18.1 Å². The van der Waals surface area contributed by atoms with Crippen LogP contribution in [-0.4, -0.2) is 47.3 Å². The van der Waals surface area contributed by atoms with Gasteiger partial charge in [-0.2, -0.15) is 0 Å². The van der Waals surface area contributed by atoms with Crippen molar-refractivity contribution in [3.8, 4) is 0 Å². The van der Waals surface area contributed by atoms with Gasteiger partial charge in [0, 0.05) is 32.4 Å². The van der Waals surface area contributed by atoms with Crippen LogP contribution < -0.4 is 5.32 Å². The quantitative estimate of drug-likeness (QED) is 0.759. The molecule has 1 aliphatic rings. The molecule has 138 valence electrons. The fourth-order valence-electron chi connectivity index (χ4n) is 2.76. The highest BCUT2D eigenvalue weighted by molar-refractivity contribution is 8.00. The van der Waals surface area contributed by atoms with Crippen molar-refractivity contribution in [2.45, 2.75) is 30.3 Å². The summed E-state index contributed by atoms with van der Waals surface area (Å²) >= 11 is 1.47. The molecule has 6 heteroatoms. The monoisotopic (exact) mass is 371 g/mol. The standard InChI is InChI=1S/C20H25N3O2S/c1-16(26-19-4-2-3-9-21-19)20(24)22-14-17-5-7-18(8-6-17)15-23-10-12-25-13-11-23/h2-9,16H,10-15H2,1H3,(H,22,24). The molecule has 0 saturated carbocycles. The van der Waals surface area contributed by atoms with Crippen LogP contribution in [0, 0.1) is 0 Å². The molecule has 2 heterocycles. The molecule has 1 atom stereocenters. The highest BCUT2D eigenvalue weighted by Crippen LogP contribution is 2.20. The highest BCUT2D eigenvalue weighted by atomic mass is 32.2. The van der Waals surface area contributed by atoms with Crippen molar-refractivity contribution in [3.63, 3.8) is 0 Å². The lowest BCUT2D eigenvalue weighted by atomic mass is 10.1. The number of morpholine rings is 1. The molecule has 2 aromatic rings. The van der Waals surface area contributed by atoms with E-state index in [0.29, 0.717) is 6.54 Å². The van der Waals surface area contributed by atoms with Crippen LogP contribution in [0.2, 0.25) is 0 Å². The summed E-state index contributed by atoms with van der Waals surface area (Å²) in [6, 6.07) is 14.2. The summed E-state index contributed by atoms with van der Waals surface area (Å²) in [6.45, 7) is 7.02. The number of ether oxygens (including phenoxy) is 1. The summed E-state index contributed by atoms with van der Waals surface area (Å²) in [6.07, 6.45) is 1.74. The van der Waals surface area contributed by atoms with Gasteiger partial charge in [0.2, 0.25) is 5.91 Å². The molecule has 0 spiro atoms. The first-order chi connectivity index (χ1) is 12.7. The summed E-state index contributed by atoms with van der Waals surface area (Å²) in [5, 5.41) is 3.69. The number of benzene rings is 1. The number of carbonyl (C=O) groups excluding carboxylic acids is 1.